The van der Waals surface area contributed by atoms with Crippen LogP contribution >= 0.6 is 0 Å². The lowest BCUT2D eigenvalue weighted by Crippen LogP contribution is -2.17. The maximum Gasteiger partial charge on any atom is 0.122 e. The minimum atomic E-state index is -2.08. The van der Waals surface area contributed by atoms with E-state index in [1.165, 1.54) is 117 Å². The molecule has 0 radical (unpaired) electrons. The summed E-state index contributed by atoms with van der Waals surface area (Å²) in [6, 6.07) is 96.3. The molecule has 0 saturated carbocycles. The molecule has 123 heavy (non-hydrogen) atoms. The van der Waals surface area contributed by atoms with Crippen LogP contribution in [0.2, 0.25) is 0 Å². The Balaban J connectivity index is 0.000000298. The number of hydrogen-bond donors (Lipinski definition) is 0. The number of aryl methyl sites for hydroxylation is 4. The van der Waals surface area contributed by atoms with Crippen molar-refractivity contribution < 1.29 is 13.6 Å². The lowest BCUT2D eigenvalue weighted by Gasteiger charge is -2.26. The lowest BCUT2D eigenvalue weighted by molar-refractivity contribution is 0.407. The summed E-state index contributed by atoms with van der Waals surface area (Å²) >= 11 is 0. The number of methoxy groups -OCH3 is 2. The molecule has 0 aliphatic heterocycles. The molecule has 0 heterocycles. The first kappa shape index (κ1) is 98.6. The van der Waals surface area contributed by atoms with Crippen LogP contribution in [0.3, 0.4) is 0 Å². The van der Waals surface area contributed by atoms with Crippen LogP contribution in [-0.4, -0.2) is 70.5 Å². The average Bonchev–Trinajstić information content (AvgIpc) is 0.820. The standard InChI is InChI=1S/2C17H20.C15H16.C13H22N2.C12H11N.2C11H17N.2C10H14O/c2*1-12(2)17-13(3)10-16(11-14(17)4)15-8-6-5-7-9-15;1-12(2)13-8-10-15(11-9-13)14-6-4-3-5-7-14;1-10(2)13-11(14(3)4)8-7-9-12(13)15(5)6;1-4-10-5-11(8-13)7-12(6-10)9(2)3;2*1-9(2)10-7-5-6-8-11(10)12(3)4;2*1-8(2)9-6-4-5-7-10(9)11-3/h2*5-12H,1-4H3;3-12H,1-2H3;7-10H,1-6H3;1,5-7,9H,2-3H3;2*5-9H,1-4H3;2*4-8H,1-3H3/i;;;;;3D3;;;. The van der Waals surface area contributed by atoms with Crippen molar-refractivity contribution in [1.82, 2.24) is 0 Å². The number of hydrogen-bond acceptors (Lipinski definition) is 7. The van der Waals surface area contributed by atoms with Gasteiger partial charge in [-0.1, -0.05) is 349 Å². The van der Waals surface area contributed by atoms with Crippen molar-refractivity contribution in [2.24, 2.45) is 0 Å². The van der Waals surface area contributed by atoms with Crippen LogP contribution < -0.4 is 29.1 Å². The second-order valence-corrected chi connectivity index (χ2v) is 34.8. The van der Waals surface area contributed by atoms with E-state index in [0.717, 1.165) is 33.9 Å². The highest BCUT2D eigenvalue weighted by molar-refractivity contribution is 5.70. The number of rotatable bonds is 18. The summed E-state index contributed by atoms with van der Waals surface area (Å²) in [5.74, 6) is 9.26. The van der Waals surface area contributed by atoms with Gasteiger partial charge in [-0.05, 0) is 236 Å². The molecule has 652 valence electrons. The largest absolute Gasteiger partial charge is 0.496 e. The zero-order chi connectivity index (χ0) is 94.2. The Bertz CT molecular complexity index is 4970. The molecule has 0 unspecified atom stereocenters. The van der Waals surface area contributed by atoms with Gasteiger partial charge in [-0.15, -0.1) is 6.42 Å². The molecule has 0 amide bonds. The first-order chi connectivity index (χ1) is 59.5. The van der Waals surface area contributed by atoms with Crippen LogP contribution in [-0.2, 0) is 0 Å². The van der Waals surface area contributed by atoms with Crippen molar-refractivity contribution >= 4 is 22.7 Å². The summed E-state index contributed by atoms with van der Waals surface area (Å²) in [5, 5.41) is 8.75. The number of benzene rings is 12. The van der Waals surface area contributed by atoms with E-state index >= 15 is 0 Å². The Morgan fingerprint density at radius 1 is 0.276 bits per heavy atom. The quantitative estimate of drug-likeness (QED) is 0.0794. The lowest BCUT2D eigenvalue weighted by atomic mass is 9.90. The van der Waals surface area contributed by atoms with Crippen molar-refractivity contribution in [3.8, 4) is 63.3 Å². The molecule has 0 aliphatic rings. The van der Waals surface area contributed by atoms with Crippen LogP contribution in [0.15, 0.2) is 273 Å². The number of anilines is 4. The van der Waals surface area contributed by atoms with Gasteiger partial charge in [0.2, 0.25) is 0 Å². The summed E-state index contributed by atoms with van der Waals surface area (Å²) in [5.41, 5.74) is 31.5. The van der Waals surface area contributed by atoms with Gasteiger partial charge in [0.1, 0.15) is 11.5 Å². The van der Waals surface area contributed by atoms with Crippen molar-refractivity contribution in [1.29, 1.82) is 5.26 Å². The molecule has 12 rings (SSSR count). The van der Waals surface area contributed by atoms with Gasteiger partial charge in [-0.3, -0.25) is 0 Å². The Morgan fingerprint density at radius 2 is 0.561 bits per heavy atom. The van der Waals surface area contributed by atoms with Gasteiger partial charge in [-0.2, -0.15) is 5.26 Å². The summed E-state index contributed by atoms with van der Waals surface area (Å²) in [6.45, 7) is 46.2. The molecule has 0 N–H and O–H groups in total. The molecular formula is C116H151N5O2. The van der Waals surface area contributed by atoms with Gasteiger partial charge in [0.25, 0.3) is 0 Å². The van der Waals surface area contributed by atoms with Crippen LogP contribution in [0.25, 0.3) is 33.4 Å². The SMILES string of the molecule is C#Cc1cc(C#N)cc(C(C)C)c1.CC(C)c1c(N(C)C)cccc1N(C)C.CC(C)c1ccc(-c2ccccc2)cc1.CC(C)c1ccccc1N(C)C.COc1ccccc1C(C)C.COc1ccccc1C(C)C.Cc1cc(-c2ccccc2)cc(C)c1C(C)C.Cc1cc(-c2ccccc2)cc(C)c1C(C)C.[2H]C([2H])([2H])N(C)c1ccccc1C(C)C. The van der Waals surface area contributed by atoms with E-state index in [1.807, 2.05) is 78.9 Å². The number of ether oxygens (including phenoxy) is 2. The zero-order valence-electron chi connectivity index (χ0n) is 83.8. The number of nitriles is 1. The second-order valence-electron chi connectivity index (χ2n) is 34.8. The van der Waals surface area contributed by atoms with Gasteiger partial charge >= 0.3 is 0 Å². The van der Waals surface area contributed by atoms with E-state index in [1.54, 1.807) is 27.3 Å². The predicted molar refractivity (Wildman–Crippen MR) is 543 cm³/mol. The third kappa shape index (κ3) is 33.7. The molecular weight excluding hydrogens is 1500 g/mol. The Hall–Kier alpha value is -11.5. The van der Waals surface area contributed by atoms with Crippen LogP contribution in [0, 0.1) is 51.4 Å². The fourth-order valence-electron chi connectivity index (χ4n) is 15.1. The van der Waals surface area contributed by atoms with E-state index in [0.29, 0.717) is 58.8 Å². The monoisotopic (exact) mass is 1650 g/mol. The van der Waals surface area contributed by atoms with Crippen LogP contribution in [0.1, 0.15) is 265 Å². The van der Waals surface area contributed by atoms with Crippen molar-refractivity contribution in [2.75, 3.05) is 90.1 Å². The number of terminal acetylenes is 1. The molecule has 12 aromatic rings. The molecule has 12 aromatic carbocycles. The molecule has 7 heteroatoms. The third-order valence-corrected chi connectivity index (χ3v) is 21.2. The van der Waals surface area contributed by atoms with E-state index in [-0.39, 0.29) is 0 Å². The summed E-state index contributed by atoms with van der Waals surface area (Å²) in [7, 11) is 17.6. The second kappa shape index (κ2) is 53.4. The molecule has 0 aliphatic carbocycles. The fourth-order valence-corrected chi connectivity index (χ4v) is 15.1. The molecule has 0 saturated heterocycles. The molecule has 7 nitrogen and oxygen atoms in total. The van der Waals surface area contributed by atoms with Crippen LogP contribution in [0.5, 0.6) is 11.5 Å². The average molecular weight is 1650 g/mol. The molecule has 0 aromatic heterocycles. The molecule has 0 fully saturated rings. The van der Waals surface area contributed by atoms with E-state index in [9.17, 15) is 0 Å². The third-order valence-electron chi connectivity index (χ3n) is 21.2. The normalized spacial score (nSPS) is 10.9. The highest BCUT2D eigenvalue weighted by Gasteiger charge is 2.17. The minimum absolute atomic E-state index is 0.325. The smallest absolute Gasteiger partial charge is 0.122 e. The topological polar surface area (TPSA) is 55.2 Å². The van der Waals surface area contributed by atoms with Gasteiger partial charge in [-0.25, -0.2) is 0 Å². The maximum absolute atomic E-state index is 8.75. The van der Waals surface area contributed by atoms with E-state index < -0.39 is 6.98 Å². The zero-order valence-corrected chi connectivity index (χ0v) is 80.8. The van der Waals surface area contributed by atoms with Crippen LogP contribution in [0.4, 0.5) is 22.7 Å². The van der Waals surface area contributed by atoms with Gasteiger partial charge < -0.3 is 29.1 Å². The number of para-hydroxylation sites is 4. The predicted octanol–water partition coefficient (Wildman–Crippen LogP) is 31.7. The Morgan fingerprint density at radius 3 is 0.837 bits per heavy atom. The minimum Gasteiger partial charge on any atom is -0.496 e. The summed E-state index contributed by atoms with van der Waals surface area (Å²) in [4.78, 5) is 7.88. The van der Waals surface area contributed by atoms with Gasteiger partial charge in [0, 0.05) is 94.3 Å². The number of nitrogens with zero attached hydrogens (tertiary/aromatic N) is 5. The Kier molecular flexibility index (Phi) is 42.8. The van der Waals surface area contributed by atoms with E-state index in [4.69, 9.17) is 25.3 Å². The fraction of sp³-hybridized carbons (Fsp3) is 0.353. The van der Waals surface area contributed by atoms with Gasteiger partial charge in [0.15, 0.2) is 0 Å². The van der Waals surface area contributed by atoms with Gasteiger partial charge in [0.05, 0.1) is 25.9 Å². The van der Waals surface area contributed by atoms with E-state index in [2.05, 4.69) is 409 Å². The first-order valence-electron chi connectivity index (χ1n) is 45.4. The van der Waals surface area contributed by atoms with Crippen molar-refractivity contribution in [3.63, 3.8) is 0 Å². The summed E-state index contributed by atoms with van der Waals surface area (Å²) in [6.07, 6.45) is 5.28. The molecule has 0 bridgehead atoms. The molecule has 0 spiro atoms. The highest BCUT2D eigenvalue weighted by Crippen LogP contribution is 2.37. The summed E-state index contributed by atoms with van der Waals surface area (Å²) < 4.78 is 32.5. The van der Waals surface area contributed by atoms with Crippen molar-refractivity contribution in [2.45, 2.75) is 206 Å². The first-order valence-corrected chi connectivity index (χ1v) is 43.9. The molecule has 0 atom stereocenters. The Labute approximate surface area is 752 Å². The van der Waals surface area contributed by atoms with Crippen molar-refractivity contribution in [3.05, 3.63) is 356 Å². The maximum atomic E-state index is 8.75. The highest BCUT2D eigenvalue weighted by atomic mass is 16.5.